The van der Waals surface area contributed by atoms with Gasteiger partial charge in [0, 0.05) is 47.3 Å². The van der Waals surface area contributed by atoms with E-state index < -0.39 is 0 Å². The predicted octanol–water partition coefficient (Wildman–Crippen LogP) is 5.06. The average molecular weight is 601 g/mol. The molecule has 3 aromatic rings. The van der Waals surface area contributed by atoms with Crippen molar-refractivity contribution in [2.45, 2.75) is 57.7 Å². The minimum absolute atomic E-state index is 0.0891. The van der Waals surface area contributed by atoms with Crippen LogP contribution in [-0.2, 0) is 22.9 Å². The maximum absolute atomic E-state index is 13.7. The summed E-state index contributed by atoms with van der Waals surface area (Å²) in [6.45, 7) is 8.34. The molecule has 1 saturated carbocycles. The molecule has 3 aliphatic heterocycles. The van der Waals surface area contributed by atoms with Crippen LogP contribution in [0.3, 0.4) is 0 Å². The Bertz CT molecular complexity index is 1620. The lowest BCUT2D eigenvalue weighted by Crippen LogP contribution is -2.58. The number of aryl methyl sites for hydroxylation is 2. The zero-order valence-corrected chi connectivity index (χ0v) is 25.9. The highest BCUT2D eigenvalue weighted by Gasteiger charge is 2.45. The summed E-state index contributed by atoms with van der Waals surface area (Å²) in [5.74, 6) is 2.42. The Morgan fingerprint density at radius 3 is 2.72 bits per heavy atom. The lowest BCUT2D eigenvalue weighted by molar-refractivity contribution is 0.100. The molecule has 4 aliphatic rings. The SMILES string of the molecule is Cc1cc2cc(n1)-c1cnn(C)c1OCCCC(C1CC1)CN1/C(=N/C2=O)Nc2cc(N3CC([C@@H](C)[S+]=O)C3C)ccc21. The Labute approximate surface area is 256 Å². The fraction of sp³-hybridized carbons (Fsp3) is 0.500. The Hall–Kier alpha value is -3.86. The topological polar surface area (TPSA) is 105 Å². The summed E-state index contributed by atoms with van der Waals surface area (Å²) in [6, 6.07) is 10.3. The number of aromatic nitrogens is 3. The van der Waals surface area contributed by atoms with E-state index in [4.69, 9.17) is 9.72 Å². The van der Waals surface area contributed by atoms with Crippen LogP contribution in [0.5, 0.6) is 5.88 Å². The molecule has 11 heteroatoms. The van der Waals surface area contributed by atoms with Gasteiger partial charge in [-0.05, 0) is 88.6 Å². The van der Waals surface area contributed by atoms with E-state index in [2.05, 4.69) is 50.3 Å². The number of hydrogen-bond acceptors (Lipinski definition) is 8. The first-order valence-electron chi connectivity index (χ1n) is 15.3. The van der Waals surface area contributed by atoms with Gasteiger partial charge in [0.2, 0.25) is 17.1 Å². The van der Waals surface area contributed by atoms with Crippen molar-refractivity contribution in [1.29, 1.82) is 0 Å². The van der Waals surface area contributed by atoms with Crippen molar-refractivity contribution in [1.82, 2.24) is 14.8 Å². The largest absolute Gasteiger partial charge is 0.477 e. The van der Waals surface area contributed by atoms with Crippen LogP contribution in [0.2, 0.25) is 0 Å². The molecule has 2 bridgehead atoms. The number of carbonyl (C=O) groups excluding carboxylic acids is 1. The molecule has 4 atom stereocenters. The van der Waals surface area contributed by atoms with Crippen molar-refractivity contribution in [3.8, 4) is 17.1 Å². The lowest BCUT2D eigenvalue weighted by atomic mass is 9.86. The highest BCUT2D eigenvalue weighted by Crippen LogP contribution is 2.44. The Balaban J connectivity index is 1.25. The number of ether oxygens (including phenoxy) is 1. The molecule has 0 radical (unpaired) electrons. The van der Waals surface area contributed by atoms with Gasteiger partial charge in [-0.1, -0.05) is 0 Å². The van der Waals surface area contributed by atoms with E-state index >= 15 is 0 Å². The highest BCUT2D eigenvalue weighted by molar-refractivity contribution is 7.66. The van der Waals surface area contributed by atoms with Gasteiger partial charge in [-0.2, -0.15) is 10.1 Å². The molecule has 1 saturated heterocycles. The van der Waals surface area contributed by atoms with Gasteiger partial charge in [0.05, 0.1) is 41.4 Å². The molecule has 5 heterocycles. The van der Waals surface area contributed by atoms with Crippen LogP contribution in [0.4, 0.5) is 17.1 Å². The molecule has 10 nitrogen and oxygen atoms in total. The Kier molecular flexibility index (Phi) is 7.15. The molecule has 1 amide bonds. The standard InChI is InChI=1S/C32H37N7O3S/c1-18-12-23-13-27(34-18)25-15-33-37(4)31(25)42-11-5-6-22(21-7-8-21)16-39-29-10-9-24(14-28(29)35-32(39)36-30(23)40)38-17-26(19(38)2)20(3)43-41/h9-10,12-15,19-22,26H,5-8,11,16-17H2,1-4H3/p+1/t19?,20-,22?,26?/m1/s1. The number of nitrogens with zero attached hydrogens (tertiary/aromatic N) is 6. The van der Waals surface area contributed by atoms with E-state index in [-0.39, 0.29) is 11.2 Å². The number of nitrogens with one attached hydrogen (secondary N) is 1. The number of fused-ring (bicyclic) bond motifs is 7. The quantitative estimate of drug-likeness (QED) is 0.415. The fourth-order valence-corrected chi connectivity index (χ4v) is 7.32. The summed E-state index contributed by atoms with van der Waals surface area (Å²) < 4.78 is 19.4. The summed E-state index contributed by atoms with van der Waals surface area (Å²) in [7, 11) is 1.87. The Morgan fingerprint density at radius 1 is 1.12 bits per heavy atom. The van der Waals surface area contributed by atoms with Crippen LogP contribution in [-0.4, -0.2) is 57.6 Å². The number of rotatable bonds is 4. The predicted molar refractivity (Wildman–Crippen MR) is 169 cm³/mol. The van der Waals surface area contributed by atoms with Gasteiger partial charge in [-0.3, -0.25) is 9.78 Å². The zero-order chi connectivity index (χ0) is 29.8. The normalized spacial score (nSPS) is 25.4. The van der Waals surface area contributed by atoms with Gasteiger partial charge < -0.3 is 19.9 Å². The second-order valence-corrected chi connectivity index (χ2v) is 13.4. The first kappa shape index (κ1) is 27.9. The van der Waals surface area contributed by atoms with Gasteiger partial charge in [0.15, 0.2) is 0 Å². The molecule has 1 aromatic carbocycles. The number of benzene rings is 1. The summed E-state index contributed by atoms with van der Waals surface area (Å²) in [6.07, 6.45) is 6.17. The average Bonchev–Trinajstić information content (AvgIpc) is 3.69. The molecular weight excluding hydrogens is 562 g/mol. The van der Waals surface area contributed by atoms with E-state index in [9.17, 15) is 9.00 Å². The molecular formula is C32H38N7O3S+. The summed E-state index contributed by atoms with van der Waals surface area (Å²) in [5, 5.41) is 8.01. The number of carbonyl (C=O) groups is 1. The number of guanidine groups is 1. The maximum atomic E-state index is 13.7. The molecule has 0 spiro atoms. The molecule has 224 valence electrons. The van der Waals surface area contributed by atoms with Crippen molar-refractivity contribution < 1.29 is 13.7 Å². The summed E-state index contributed by atoms with van der Waals surface area (Å²) in [4.78, 5) is 27.7. The second-order valence-electron chi connectivity index (χ2n) is 12.5. The molecule has 1 aliphatic carbocycles. The Morgan fingerprint density at radius 2 is 1.95 bits per heavy atom. The van der Waals surface area contributed by atoms with Crippen molar-refractivity contribution in [3.05, 3.63) is 47.8 Å². The molecule has 1 N–H and O–H groups in total. The van der Waals surface area contributed by atoms with Gasteiger partial charge in [0.1, 0.15) is 0 Å². The maximum Gasteiger partial charge on any atom is 0.462 e. The van der Waals surface area contributed by atoms with Crippen molar-refractivity contribution >= 4 is 40.6 Å². The van der Waals surface area contributed by atoms with Gasteiger partial charge in [0.25, 0.3) is 5.91 Å². The van der Waals surface area contributed by atoms with Crippen LogP contribution >= 0.6 is 0 Å². The molecule has 43 heavy (non-hydrogen) atoms. The smallest absolute Gasteiger partial charge is 0.462 e. The molecule has 2 aromatic heterocycles. The number of hydrogen-bond donors (Lipinski definition) is 1. The molecule has 3 unspecified atom stereocenters. The van der Waals surface area contributed by atoms with Gasteiger partial charge in [-0.15, -0.1) is 0 Å². The summed E-state index contributed by atoms with van der Waals surface area (Å²) >= 11 is 0.698. The van der Waals surface area contributed by atoms with Crippen molar-refractivity contribution in [3.63, 3.8) is 0 Å². The van der Waals surface area contributed by atoms with E-state index in [1.165, 1.54) is 12.8 Å². The van der Waals surface area contributed by atoms with E-state index in [1.807, 2.05) is 20.9 Å². The zero-order valence-electron chi connectivity index (χ0n) is 25.1. The third kappa shape index (κ3) is 5.17. The first-order valence-corrected chi connectivity index (χ1v) is 16.1. The van der Waals surface area contributed by atoms with Crippen molar-refractivity contribution in [2.75, 3.05) is 34.8 Å². The lowest BCUT2D eigenvalue weighted by Gasteiger charge is -2.47. The van der Waals surface area contributed by atoms with Gasteiger partial charge >= 0.3 is 11.7 Å². The minimum Gasteiger partial charge on any atom is -0.477 e. The van der Waals surface area contributed by atoms with Gasteiger partial charge in [-0.25, -0.2) is 4.68 Å². The van der Waals surface area contributed by atoms with E-state index in [1.54, 1.807) is 23.0 Å². The molecule has 7 rings (SSSR count). The minimum atomic E-state index is -0.320. The first-order chi connectivity index (χ1) is 20.8. The number of aliphatic imine (C=N–C) groups is 1. The number of amides is 1. The monoisotopic (exact) mass is 600 g/mol. The van der Waals surface area contributed by atoms with Crippen LogP contribution in [0.25, 0.3) is 11.3 Å². The highest BCUT2D eigenvalue weighted by atomic mass is 32.1. The number of pyridine rings is 1. The van der Waals surface area contributed by atoms with Crippen LogP contribution < -0.4 is 19.9 Å². The van der Waals surface area contributed by atoms with Crippen molar-refractivity contribution in [2.24, 2.45) is 29.8 Å². The number of anilines is 3. The second kappa shape index (κ2) is 11.0. The van der Waals surface area contributed by atoms with Crippen LogP contribution in [0.15, 0.2) is 41.5 Å². The van der Waals surface area contributed by atoms with E-state index in [0.29, 0.717) is 65.2 Å². The fourth-order valence-electron chi connectivity index (χ4n) is 6.86. The third-order valence-electron chi connectivity index (χ3n) is 9.61. The van der Waals surface area contributed by atoms with Crippen LogP contribution in [0, 0.1) is 24.7 Å². The van der Waals surface area contributed by atoms with E-state index in [0.717, 1.165) is 54.3 Å². The molecule has 2 fully saturated rings. The summed E-state index contributed by atoms with van der Waals surface area (Å²) in [5.41, 5.74) is 5.73. The van der Waals surface area contributed by atoms with Crippen LogP contribution in [0.1, 0.15) is 55.6 Å². The third-order valence-corrected chi connectivity index (χ3v) is 10.3.